The minimum Gasteiger partial charge on any atom is -0.368 e. The summed E-state index contributed by atoms with van der Waals surface area (Å²) in [4.78, 5) is 4.73. The average Bonchev–Trinajstić information content (AvgIpc) is 2.39. The van der Waals surface area contributed by atoms with Crippen LogP contribution in [0.1, 0.15) is 12.5 Å². The first-order chi connectivity index (χ1) is 8.24. The fraction of sp³-hybridized carbons (Fsp3) is 0.462. The normalized spacial score (nSPS) is 16.9. The van der Waals surface area contributed by atoms with Gasteiger partial charge in [0.15, 0.2) is 0 Å². The number of nitriles is 1. The molecule has 1 saturated heterocycles. The Morgan fingerprint density at radius 2 is 2.00 bits per heavy atom. The minimum atomic E-state index is 0.762. The molecule has 0 saturated carbocycles. The predicted molar refractivity (Wildman–Crippen MR) is 73.2 cm³/mol. The quantitative estimate of drug-likeness (QED) is 0.839. The third kappa shape index (κ3) is 2.80. The fourth-order valence-corrected chi connectivity index (χ4v) is 2.51. The lowest BCUT2D eigenvalue weighted by Crippen LogP contribution is -2.46. The molecule has 4 heteroatoms. The largest absolute Gasteiger partial charge is 0.368 e. The Balaban J connectivity index is 2.18. The molecule has 2 rings (SSSR count). The average molecular weight is 294 g/mol. The standard InChI is InChI=1S/C13H16BrN3/c1-2-16-5-7-17(8-6-16)13-9-12(14)4-3-11(13)10-15/h3-4,9H,2,5-8H2,1H3. The van der Waals surface area contributed by atoms with E-state index in [0.29, 0.717) is 0 Å². The van der Waals surface area contributed by atoms with Crippen molar-refractivity contribution in [2.75, 3.05) is 37.6 Å². The van der Waals surface area contributed by atoms with Crippen LogP contribution in [0.15, 0.2) is 22.7 Å². The maximum absolute atomic E-state index is 9.14. The summed E-state index contributed by atoms with van der Waals surface area (Å²) in [5, 5.41) is 9.14. The Morgan fingerprint density at radius 1 is 1.29 bits per heavy atom. The van der Waals surface area contributed by atoms with Gasteiger partial charge in [-0.3, -0.25) is 0 Å². The number of rotatable bonds is 2. The second-order valence-corrected chi connectivity index (χ2v) is 5.11. The van der Waals surface area contributed by atoms with Gasteiger partial charge in [-0.15, -0.1) is 0 Å². The Bertz CT molecular complexity index is 431. The summed E-state index contributed by atoms with van der Waals surface area (Å²) >= 11 is 3.47. The van der Waals surface area contributed by atoms with Crippen molar-refractivity contribution >= 4 is 21.6 Å². The first-order valence-electron chi connectivity index (χ1n) is 5.91. The van der Waals surface area contributed by atoms with E-state index in [1.165, 1.54) is 0 Å². The zero-order chi connectivity index (χ0) is 12.3. The lowest BCUT2D eigenvalue weighted by molar-refractivity contribution is 0.271. The van der Waals surface area contributed by atoms with Gasteiger partial charge in [-0.1, -0.05) is 22.9 Å². The number of piperazine rings is 1. The van der Waals surface area contributed by atoms with E-state index in [4.69, 9.17) is 5.26 Å². The van der Waals surface area contributed by atoms with Crippen LogP contribution >= 0.6 is 15.9 Å². The molecule has 0 unspecified atom stereocenters. The summed E-state index contributed by atoms with van der Waals surface area (Å²) in [5.74, 6) is 0. The molecule has 0 spiro atoms. The molecule has 0 bridgehead atoms. The molecule has 1 aliphatic heterocycles. The Hall–Kier alpha value is -1.05. The van der Waals surface area contributed by atoms with Crippen LogP contribution in [0.25, 0.3) is 0 Å². The number of benzene rings is 1. The van der Waals surface area contributed by atoms with E-state index in [9.17, 15) is 0 Å². The molecule has 0 atom stereocenters. The highest BCUT2D eigenvalue weighted by Gasteiger charge is 2.18. The number of hydrogen-bond acceptors (Lipinski definition) is 3. The molecule has 90 valence electrons. The van der Waals surface area contributed by atoms with Crippen molar-refractivity contribution in [1.82, 2.24) is 4.90 Å². The van der Waals surface area contributed by atoms with Gasteiger partial charge >= 0.3 is 0 Å². The highest BCUT2D eigenvalue weighted by molar-refractivity contribution is 9.10. The van der Waals surface area contributed by atoms with E-state index in [1.54, 1.807) is 0 Å². The molecule has 17 heavy (non-hydrogen) atoms. The van der Waals surface area contributed by atoms with Crippen molar-refractivity contribution in [3.05, 3.63) is 28.2 Å². The van der Waals surface area contributed by atoms with Gasteiger partial charge in [-0.05, 0) is 24.7 Å². The van der Waals surface area contributed by atoms with Crippen molar-refractivity contribution in [1.29, 1.82) is 5.26 Å². The Labute approximate surface area is 111 Å². The van der Waals surface area contributed by atoms with Crippen LogP contribution in [-0.2, 0) is 0 Å². The number of hydrogen-bond donors (Lipinski definition) is 0. The lowest BCUT2D eigenvalue weighted by Gasteiger charge is -2.36. The third-order valence-corrected chi connectivity index (χ3v) is 3.73. The molecule has 1 heterocycles. The summed E-state index contributed by atoms with van der Waals surface area (Å²) in [5.41, 5.74) is 1.82. The van der Waals surface area contributed by atoms with Gasteiger partial charge in [0.05, 0.1) is 11.3 Å². The summed E-state index contributed by atoms with van der Waals surface area (Å²) in [7, 11) is 0. The zero-order valence-corrected chi connectivity index (χ0v) is 11.6. The van der Waals surface area contributed by atoms with Gasteiger partial charge < -0.3 is 9.80 Å². The third-order valence-electron chi connectivity index (χ3n) is 3.24. The second kappa shape index (κ2) is 5.52. The fourth-order valence-electron chi connectivity index (χ4n) is 2.17. The van der Waals surface area contributed by atoms with Crippen molar-refractivity contribution in [2.45, 2.75) is 6.92 Å². The van der Waals surface area contributed by atoms with Crippen LogP contribution in [0.3, 0.4) is 0 Å². The van der Waals surface area contributed by atoms with Crippen molar-refractivity contribution in [2.24, 2.45) is 0 Å². The van der Waals surface area contributed by atoms with E-state index in [2.05, 4.69) is 38.7 Å². The lowest BCUT2D eigenvalue weighted by atomic mass is 10.1. The Kier molecular flexibility index (Phi) is 4.03. The molecular formula is C13H16BrN3. The van der Waals surface area contributed by atoms with Gasteiger partial charge in [0.25, 0.3) is 0 Å². The van der Waals surface area contributed by atoms with Crippen LogP contribution in [0, 0.1) is 11.3 Å². The van der Waals surface area contributed by atoms with Gasteiger partial charge in [0, 0.05) is 30.7 Å². The van der Waals surface area contributed by atoms with Gasteiger partial charge in [-0.25, -0.2) is 0 Å². The van der Waals surface area contributed by atoms with Crippen molar-refractivity contribution in [3.8, 4) is 6.07 Å². The number of halogens is 1. The minimum absolute atomic E-state index is 0.762. The second-order valence-electron chi connectivity index (χ2n) is 4.19. The first kappa shape index (κ1) is 12.4. The summed E-state index contributed by atoms with van der Waals surface area (Å²) in [6.07, 6.45) is 0. The molecule has 0 amide bonds. The summed E-state index contributed by atoms with van der Waals surface area (Å²) < 4.78 is 1.03. The molecule has 0 aromatic heterocycles. The van der Waals surface area contributed by atoms with Crippen molar-refractivity contribution in [3.63, 3.8) is 0 Å². The highest BCUT2D eigenvalue weighted by atomic mass is 79.9. The maximum atomic E-state index is 9.14. The van der Waals surface area contributed by atoms with E-state index in [1.807, 2.05) is 18.2 Å². The highest BCUT2D eigenvalue weighted by Crippen LogP contribution is 2.25. The molecule has 1 aromatic rings. The smallest absolute Gasteiger partial charge is 0.101 e. The van der Waals surface area contributed by atoms with Crippen LogP contribution in [-0.4, -0.2) is 37.6 Å². The topological polar surface area (TPSA) is 30.3 Å². The molecule has 1 fully saturated rings. The summed E-state index contributed by atoms with van der Waals surface area (Å²) in [6, 6.07) is 8.11. The molecule has 3 nitrogen and oxygen atoms in total. The molecule has 0 radical (unpaired) electrons. The predicted octanol–water partition coefficient (Wildman–Crippen LogP) is 2.46. The summed E-state index contributed by atoms with van der Waals surface area (Å²) in [6.45, 7) is 7.45. The van der Waals surface area contributed by atoms with Gasteiger partial charge in [-0.2, -0.15) is 5.26 Å². The Morgan fingerprint density at radius 3 is 2.59 bits per heavy atom. The SMILES string of the molecule is CCN1CCN(c2cc(Br)ccc2C#N)CC1. The van der Waals surface area contributed by atoms with Crippen LogP contribution in [0.5, 0.6) is 0 Å². The number of likely N-dealkylation sites (N-methyl/N-ethyl adjacent to an activating group) is 1. The monoisotopic (exact) mass is 293 g/mol. The van der Waals surface area contributed by atoms with Crippen LogP contribution < -0.4 is 4.90 Å². The van der Waals surface area contributed by atoms with Gasteiger partial charge in [0.1, 0.15) is 6.07 Å². The molecular weight excluding hydrogens is 278 g/mol. The van der Waals surface area contributed by atoms with E-state index < -0.39 is 0 Å². The molecule has 1 aliphatic rings. The molecule has 0 aliphatic carbocycles. The van der Waals surface area contributed by atoms with Gasteiger partial charge in [0.2, 0.25) is 0 Å². The van der Waals surface area contributed by atoms with E-state index in [0.717, 1.165) is 48.4 Å². The van der Waals surface area contributed by atoms with Crippen LogP contribution in [0.2, 0.25) is 0 Å². The van der Waals surface area contributed by atoms with E-state index in [-0.39, 0.29) is 0 Å². The van der Waals surface area contributed by atoms with E-state index >= 15 is 0 Å². The molecule has 1 aromatic carbocycles. The first-order valence-corrected chi connectivity index (χ1v) is 6.71. The number of anilines is 1. The molecule has 0 N–H and O–H groups in total. The van der Waals surface area contributed by atoms with Crippen LogP contribution in [0.4, 0.5) is 5.69 Å². The maximum Gasteiger partial charge on any atom is 0.101 e. The number of nitrogens with zero attached hydrogens (tertiary/aromatic N) is 3. The van der Waals surface area contributed by atoms with Crippen molar-refractivity contribution < 1.29 is 0 Å². The zero-order valence-electron chi connectivity index (χ0n) is 9.99.